The minimum atomic E-state index is 0.202. The number of alkyl halides is 1. The first-order valence-corrected chi connectivity index (χ1v) is 7.56. The Balaban J connectivity index is 2.23. The van der Waals surface area contributed by atoms with Crippen molar-refractivity contribution in [3.63, 3.8) is 0 Å². The van der Waals surface area contributed by atoms with Crippen LogP contribution in [0.25, 0.3) is 11.2 Å². The molecule has 0 saturated heterocycles. The first-order valence-electron chi connectivity index (χ1n) is 6.14. The minimum Gasteiger partial charge on any atom is -0.304 e. The molecule has 0 aromatic carbocycles. The molecule has 5 heteroatoms. The highest BCUT2D eigenvalue weighted by atomic mass is 35.5. The van der Waals surface area contributed by atoms with Gasteiger partial charge in [-0.15, -0.1) is 22.9 Å². The summed E-state index contributed by atoms with van der Waals surface area (Å²) in [6, 6.07) is 8.38. The van der Waals surface area contributed by atoms with Crippen LogP contribution >= 0.6 is 22.9 Å². The molecule has 0 aliphatic rings. The van der Waals surface area contributed by atoms with Gasteiger partial charge in [-0.3, -0.25) is 0 Å². The van der Waals surface area contributed by atoms with Crippen LogP contribution in [-0.2, 0) is 5.88 Å². The van der Waals surface area contributed by atoms with E-state index in [4.69, 9.17) is 11.6 Å². The van der Waals surface area contributed by atoms with Gasteiger partial charge in [-0.1, -0.05) is 6.07 Å². The van der Waals surface area contributed by atoms with Gasteiger partial charge in [0.1, 0.15) is 11.3 Å². The Labute approximate surface area is 120 Å². The van der Waals surface area contributed by atoms with E-state index in [2.05, 4.69) is 39.0 Å². The van der Waals surface area contributed by atoms with E-state index >= 15 is 0 Å². The second-order valence-electron chi connectivity index (χ2n) is 4.52. The molecule has 3 rings (SSSR count). The lowest BCUT2D eigenvalue weighted by Crippen LogP contribution is -2.09. The summed E-state index contributed by atoms with van der Waals surface area (Å²) >= 11 is 7.78. The quantitative estimate of drug-likeness (QED) is 0.679. The molecular weight excluding hydrogens is 278 g/mol. The number of nitrogens with zero attached hydrogens (tertiary/aromatic N) is 3. The maximum atomic E-state index is 6.04. The van der Waals surface area contributed by atoms with Crippen molar-refractivity contribution in [1.82, 2.24) is 14.5 Å². The molecule has 0 N–H and O–H groups in total. The molecule has 0 aliphatic carbocycles. The molecule has 1 atom stereocenters. The smallest absolute Gasteiger partial charge is 0.160 e. The number of hydrogen-bond donors (Lipinski definition) is 0. The summed E-state index contributed by atoms with van der Waals surface area (Å²) in [5.41, 5.74) is 2.81. The largest absolute Gasteiger partial charge is 0.304 e. The van der Waals surface area contributed by atoms with E-state index in [9.17, 15) is 0 Å². The molecule has 0 bridgehead atoms. The van der Waals surface area contributed by atoms with Crippen LogP contribution in [0.3, 0.4) is 0 Å². The molecule has 0 fully saturated rings. The number of thiophene rings is 1. The van der Waals surface area contributed by atoms with E-state index in [-0.39, 0.29) is 6.04 Å². The first kappa shape index (κ1) is 12.6. The molecular formula is C14H14ClN3S. The van der Waals surface area contributed by atoms with Gasteiger partial charge in [0.2, 0.25) is 0 Å². The van der Waals surface area contributed by atoms with Crippen LogP contribution in [0.5, 0.6) is 0 Å². The second kappa shape index (κ2) is 4.94. The third kappa shape index (κ3) is 2.15. The van der Waals surface area contributed by atoms with Gasteiger partial charge in [0, 0.05) is 10.6 Å². The predicted molar refractivity (Wildman–Crippen MR) is 80.0 cm³/mol. The van der Waals surface area contributed by atoms with Crippen molar-refractivity contribution >= 4 is 34.1 Å². The van der Waals surface area contributed by atoms with Gasteiger partial charge in [0.05, 0.1) is 11.9 Å². The van der Waals surface area contributed by atoms with Gasteiger partial charge in [-0.05, 0) is 37.4 Å². The van der Waals surface area contributed by atoms with Crippen molar-refractivity contribution in [2.45, 2.75) is 25.8 Å². The highest BCUT2D eigenvalue weighted by Crippen LogP contribution is 2.28. The average molecular weight is 292 g/mol. The summed E-state index contributed by atoms with van der Waals surface area (Å²) < 4.78 is 2.14. The number of hydrogen-bond acceptors (Lipinski definition) is 3. The fraction of sp³-hybridized carbons (Fsp3) is 0.286. The van der Waals surface area contributed by atoms with Crippen molar-refractivity contribution in [2.24, 2.45) is 0 Å². The van der Waals surface area contributed by atoms with E-state index in [0.717, 1.165) is 22.7 Å². The van der Waals surface area contributed by atoms with Gasteiger partial charge >= 0.3 is 0 Å². The van der Waals surface area contributed by atoms with Crippen LogP contribution in [-0.4, -0.2) is 14.5 Å². The molecule has 0 saturated carbocycles. The van der Waals surface area contributed by atoms with E-state index < -0.39 is 0 Å². The Kier molecular flexibility index (Phi) is 3.29. The molecule has 0 amide bonds. The Morgan fingerprint density at radius 3 is 2.84 bits per heavy atom. The zero-order valence-corrected chi connectivity index (χ0v) is 12.4. The number of halogens is 1. The Hall–Kier alpha value is -1.39. The van der Waals surface area contributed by atoms with Crippen LogP contribution in [0.4, 0.5) is 0 Å². The Bertz CT molecular complexity index is 703. The van der Waals surface area contributed by atoms with Crippen molar-refractivity contribution in [1.29, 1.82) is 0 Å². The standard InChI is InChI=1S/C14H14ClN3S/c1-9-5-6-11-14(16-9)18(13(8-15)17-11)10(2)12-4-3-7-19-12/h3-7,10H,8H2,1-2H3. The van der Waals surface area contributed by atoms with Gasteiger partial charge in [0.25, 0.3) is 0 Å². The summed E-state index contributed by atoms with van der Waals surface area (Å²) in [6.07, 6.45) is 0. The maximum Gasteiger partial charge on any atom is 0.160 e. The van der Waals surface area contributed by atoms with Gasteiger partial charge < -0.3 is 4.57 Å². The number of aryl methyl sites for hydroxylation is 1. The molecule has 0 radical (unpaired) electrons. The summed E-state index contributed by atoms with van der Waals surface area (Å²) in [7, 11) is 0. The van der Waals surface area contributed by atoms with E-state index in [1.807, 2.05) is 19.1 Å². The minimum absolute atomic E-state index is 0.202. The monoisotopic (exact) mass is 291 g/mol. The molecule has 0 spiro atoms. The molecule has 19 heavy (non-hydrogen) atoms. The van der Waals surface area contributed by atoms with Crippen LogP contribution < -0.4 is 0 Å². The van der Waals surface area contributed by atoms with Crippen LogP contribution in [0.15, 0.2) is 29.6 Å². The molecule has 98 valence electrons. The zero-order valence-electron chi connectivity index (χ0n) is 10.8. The average Bonchev–Trinajstić information content (AvgIpc) is 3.04. The molecule has 1 unspecified atom stereocenters. The number of fused-ring (bicyclic) bond motifs is 1. The first-order chi connectivity index (χ1) is 9.20. The molecule has 3 aromatic heterocycles. The Morgan fingerprint density at radius 1 is 1.32 bits per heavy atom. The molecule has 3 nitrogen and oxygen atoms in total. The fourth-order valence-corrected chi connectivity index (χ4v) is 3.24. The van der Waals surface area contributed by atoms with E-state index in [1.54, 1.807) is 11.3 Å². The number of pyridine rings is 1. The lowest BCUT2D eigenvalue weighted by Gasteiger charge is -2.15. The van der Waals surface area contributed by atoms with Crippen molar-refractivity contribution in [3.05, 3.63) is 46.0 Å². The van der Waals surface area contributed by atoms with Crippen LogP contribution in [0, 0.1) is 6.92 Å². The summed E-state index contributed by atoms with van der Waals surface area (Å²) in [5, 5.41) is 2.09. The highest BCUT2D eigenvalue weighted by Gasteiger charge is 2.18. The SMILES string of the molecule is Cc1ccc2nc(CCl)n(C(C)c3cccs3)c2n1. The van der Waals surface area contributed by atoms with Gasteiger partial charge in [0.15, 0.2) is 5.65 Å². The molecule has 3 heterocycles. The number of aromatic nitrogens is 3. The van der Waals surface area contributed by atoms with Crippen molar-refractivity contribution in [3.8, 4) is 0 Å². The normalized spacial score (nSPS) is 13.0. The summed E-state index contributed by atoms with van der Waals surface area (Å²) in [4.78, 5) is 10.5. The number of rotatable bonds is 3. The summed E-state index contributed by atoms with van der Waals surface area (Å²) in [6.45, 7) is 4.15. The predicted octanol–water partition coefficient (Wildman–Crippen LogP) is 4.15. The molecule has 3 aromatic rings. The van der Waals surface area contributed by atoms with Gasteiger partial charge in [-0.25, -0.2) is 9.97 Å². The lowest BCUT2D eigenvalue weighted by atomic mass is 10.2. The molecule has 0 aliphatic heterocycles. The lowest BCUT2D eigenvalue weighted by molar-refractivity contribution is 0.638. The van der Waals surface area contributed by atoms with E-state index in [0.29, 0.717) is 5.88 Å². The van der Waals surface area contributed by atoms with Gasteiger partial charge in [-0.2, -0.15) is 0 Å². The van der Waals surface area contributed by atoms with Crippen LogP contribution in [0.2, 0.25) is 0 Å². The third-order valence-corrected chi connectivity index (χ3v) is 4.49. The van der Waals surface area contributed by atoms with Crippen molar-refractivity contribution < 1.29 is 0 Å². The Morgan fingerprint density at radius 2 is 2.16 bits per heavy atom. The topological polar surface area (TPSA) is 30.7 Å². The van der Waals surface area contributed by atoms with Crippen molar-refractivity contribution in [2.75, 3.05) is 0 Å². The van der Waals surface area contributed by atoms with E-state index in [1.165, 1.54) is 4.88 Å². The fourth-order valence-electron chi connectivity index (χ4n) is 2.27. The number of imidazole rings is 1. The summed E-state index contributed by atoms with van der Waals surface area (Å²) in [5.74, 6) is 1.26. The highest BCUT2D eigenvalue weighted by molar-refractivity contribution is 7.10. The van der Waals surface area contributed by atoms with Crippen LogP contribution in [0.1, 0.15) is 29.4 Å². The third-order valence-electron chi connectivity index (χ3n) is 3.21. The second-order valence-corrected chi connectivity index (χ2v) is 5.76. The zero-order chi connectivity index (χ0) is 13.4. The maximum absolute atomic E-state index is 6.04.